The Labute approximate surface area is 144 Å². The molecule has 0 radical (unpaired) electrons. The van der Waals surface area contributed by atoms with E-state index in [1.165, 1.54) is 18.2 Å². The molecule has 25 heavy (non-hydrogen) atoms. The van der Waals surface area contributed by atoms with Crippen molar-refractivity contribution in [3.05, 3.63) is 54.6 Å². The lowest BCUT2D eigenvalue weighted by Crippen LogP contribution is -2.18. The number of anilines is 1. The molecule has 0 aromatic heterocycles. The van der Waals surface area contributed by atoms with Crippen LogP contribution in [0.4, 0.5) is 14.5 Å². The predicted octanol–water partition coefficient (Wildman–Crippen LogP) is 3.48. The molecular weight excluding hydrogens is 352 g/mol. The topological polar surface area (TPSA) is 72.5 Å². The summed E-state index contributed by atoms with van der Waals surface area (Å²) in [6.07, 6.45) is 0.459. The summed E-state index contributed by atoms with van der Waals surface area (Å²) < 4.78 is 54.1. The second-order valence-electron chi connectivity index (χ2n) is 5.12. The van der Waals surface area contributed by atoms with Gasteiger partial charge in [-0.25, -0.2) is 8.42 Å². The summed E-state index contributed by atoms with van der Waals surface area (Å²) in [5.41, 5.74) is -0.156. The molecule has 8 heteroatoms. The van der Waals surface area contributed by atoms with E-state index in [9.17, 15) is 22.0 Å². The normalized spacial score (nSPS) is 11.3. The van der Waals surface area contributed by atoms with Gasteiger partial charge < -0.3 is 10.1 Å². The van der Waals surface area contributed by atoms with Crippen LogP contribution in [-0.4, -0.2) is 26.7 Å². The van der Waals surface area contributed by atoms with E-state index in [0.717, 1.165) is 6.07 Å². The Bertz CT molecular complexity index is 810. The third-order valence-electron chi connectivity index (χ3n) is 3.26. The largest absolute Gasteiger partial charge is 0.494 e. The first-order valence-corrected chi connectivity index (χ1v) is 9.04. The lowest BCUT2D eigenvalue weighted by Gasteiger charge is -2.11. The molecule has 0 fully saturated rings. The fraction of sp³-hybridized carbons (Fsp3) is 0.235. The minimum absolute atomic E-state index is 0.0654. The molecule has 0 heterocycles. The van der Waals surface area contributed by atoms with Gasteiger partial charge in [-0.3, -0.25) is 4.79 Å². The molecule has 2 aromatic carbocycles. The van der Waals surface area contributed by atoms with Gasteiger partial charge in [0, 0.05) is 6.42 Å². The molecule has 0 spiro atoms. The monoisotopic (exact) mass is 369 g/mol. The summed E-state index contributed by atoms with van der Waals surface area (Å²) in [6, 6.07) is 14.1. The number of alkyl halides is 2. The molecule has 0 unspecified atom stereocenters. The number of sulfone groups is 1. The zero-order valence-electron chi connectivity index (χ0n) is 13.2. The Hall–Kier alpha value is -2.48. The summed E-state index contributed by atoms with van der Waals surface area (Å²) in [6.45, 7) is 0.300. The van der Waals surface area contributed by atoms with Gasteiger partial charge in [0.15, 0.2) is 0 Å². The van der Waals surface area contributed by atoms with Crippen molar-refractivity contribution in [1.29, 1.82) is 0 Å². The molecule has 0 aliphatic heterocycles. The van der Waals surface area contributed by atoms with Crippen LogP contribution in [-0.2, 0) is 14.6 Å². The Kier molecular flexibility index (Phi) is 6.46. The van der Waals surface area contributed by atoms with Crippen molar-refractivity contribution in [1.82, 2.24) is 0 Å². The van der Waals surface area contributed by atoms with Crippen LogP contribution in [0.5, 0.6) is 5.75 Å². The average Bonchev–Trinajstić information content (AvgIpc) is 2.60. The van der Waals surface area contributed by atoms with Gasteiger partial charge in [-0.05, 0) is 30.7 Å². The summed E-state index contributed by atoms with van der Waals surface area (Å²) in [4.78, 5) is 11.3. The Morgan fingerprint density at radius 2 is 1.68 bits per heavy atom. The van der Waals surface area contributed by atoms with Gasteiger partial charge in [0.25, 0.3) is 0 Å². The van der Waals surface area contributed by atoms with Crippen LogP contribution in [0.2, 0.25) is 0 Å². The van der Waals surface area contributed by atoms with E-state index in [2.05, 4.69) is 5.32 Å². The van der Waals surface area contributed by atoms with Crippen molar-refractivity contribution in [2.24, 2.45) is 0 Å². The van der Waals surface area contributed by atoms with Crippen molar-refractivity contribution < 1.29 is 26.7 Å². The van der Waals surface area contributed by atoms with Gasteiger partial charge in [0.1, 0.15) is 5.75 Å². The number of rotatable bonds is 8. The summed E-state index contributed by atoms with van der Waals surface area (Å²) >= 11 is 0. The molecule has 2 rings (SSSR count). The maximum atomic E-state index is 12.7. The van der Waals surface area contributed by atoms with Gasteiger partial charge in [-0.2, -0.15) is 8.78 Å². The van der Waals surface area contributed by atoms with E-state index in [1.54, 1.807) is 12.1 Å². The van der Waals surface area contributed by atoms with Crippen LogP contribution >= 0.6 is 0 Å². The van der Waals surface area contributed by atoms with E-state index in [4.69, 9.17) is 4.74 Å². The number of para-hydroxylation sites is 2. The smallest absolute Gasteiger partial charge is 0.341 e. The number of benzene rings is 2. The molecule has 1 amide bonds. The van der Waals surface area contributed by atoms with E-state index in [-0.39, 0.29) is 12.1 Å². The van der Waals surface area contributed by atoms with Crippen molar-refractivity contribution >= 4 is 21.4 Å². The Balaban J connectivity index is 1.91. The van der Waals surface area contributed by atoms with Crippen molar-refractivity contribution in [3.8, 4) is 5.75 Å². The summed E-state index contributed by atoms with van der Waals surface area (Å²) in [5.74, 6) is -3.35. The fourth-order valence-electron chi connectivity index (χ4n) is 2.07. The van der Waals surface area contributed by atoms with Gasteiger partial charge in [-0.1, -0.05) is 30.3 Å². The Morgan fingerprint density at radius 1 is 1.04 bits per heavy atom. The lowest BCUT2D eigenvalue weighted by atomic mass is 10.2. The highest BCUT2D eigenvalue weighted by Gasteiger charge is 2.29. The number of carbonyl (C=O) groups is 1. The van der Waals surface area contributed by atoms with Crippen LogP contribution in [0, 0.1) is 0 Å². The van der Waals surface area contributed by atoms with Gasteiger partial charge in [-0.15, -0.1) is 0 Å². The standard InChI is InChI=1S/C17H17F2NO4S/c18-17(19)25(22,23)15-10-5-4-9-14(15)20-16(21)11-6-12-24-13-7-2-1-3-8-13/h1-5,7-10,17H,6,11-12H2,(H,20,21). The SMILES string of the molecule is O=C(CCCOc1ccccc1)Nc1ccccc1S(=O)(=O)C(F)F. The molecule has 1 N–H and O–H groups in total. The highest BCUT2D eigenvalue weighted by molar-refractivity contribution is 7.91. The first-order chi connectivity index (χ1) is 11.9. The first-order valence-electron chi connectivity index (χ1n) is 7.50. The zero-order chi connectivity index (χ0) is 18.3. The molecule has 0 atom stereocenters. The number of ether oxygens (including phenoxy) is 1. The minimum Gasteiger partial charge on any atom is -0.494 e. The van der Waals surface area contributed by atoms with Gasteiger partial charge in [0.05, 0.1) is 17.2 Å². The van der Waals surface area contributed by atoms with Crippen LogP contribution in [0.3, 0.4) is 0 Å². The molecule has 0 aliphatic carbocycles. The number of amides is 1. The molecule has 0 bridgehead atoms. The maximum absolute atomic E-state index is 12.7. The lowest BCUT2D eigenvalue weighted by molar-refractivity contribution is -0.116. The molecule has 2 aromatic rings. The third kappa shape index (κ3) is 5.25. The van der Waals surface area contributed by atoms with Crippen LogP contribution in [0.25, 0.3) is 0 Å². The molecular formula is C17H17F2NO4S. The van der Waals surface area contributed by atoms with E-state index in [0.29, 0.717) is 18.8 Å². The zero-order valence-corrected chi connectivity index (χ0v) is 14.0. The second-order valence-corrected chi connectivity index (χ2v) is 7.00. The van der Waals surface area contributed by atoms with E-state index in [1.807, 2.05) is 18.2 Å². The van der Waals surface area contributed by atoms with Crippen molar-refractivity contribution in [2.75, 3.05) is 11.9 Å². The van der Waals surface area contributed by atoms with Crippen molar-refractivity contribution in [3.63, 3.8) is 0 Å². The van der Waals surface area contributed by atoms with Gasteiger partial charge >= 0.3 is 5.76 Å². The summed E-state index contributed by atoms with van der Waals surface area (Å²) in [7, 11) is -4.79. The van der Waals surface area contributed by atoms with E-state index < -0.39 is 26.4 Å². The minimum atomic E-state index is -4.79. The quantitative estimate of drug-likeness (QED) is 0.723. The highest BCUT2D eigenvalue weighted by Crippen LogP contribution is 2.26. The maximum Gasteiger partial charge on any atom is 0.341 e. The number of nitrogens with one attached hydrogen (secondary N) is 1. The molecule has 0 saturated carbocycles. The van der Waals surface area contributed by atoms with Crippen molar-refractivity contribution in [2.45, 2.75) is 23.5 Å². The molecule has 0 saturated heterocycles. The second kappa shape index (κ2) is 8.57. The average molecular weight is 369 g/mol. The number of hydrogen-bond acceptors (Lipinski definition) is 4. The van der Waals surface area contributed by atoms with Crippen LogP contribution < -0.4 is 10.1 Å². The number of carbonyl (C=O) groups excluding carboxylic acids is 1. The summed E-state index contributed by atoms with van der Waals surface area (Å²) in [5, 5.41) is 2.36. The number of halogens is 2. The predicted molar refractivity (Wildman–Crippen MR) is 89.4 cm³/mol. The van der Waals surface area contributed by atoms with Crippen LogP contribution in [0.15, 0.2) is 59.5 Å². The van der Waals surface area contributed by atoms with E-state index >= 15 is 0 Å². The Morgan fingerprint density at radius 3 is 2.36 bits per heavy atom. The van der Waals surface area contributed by atoms with Gasteiger partial charge in [0.2, 0.25) is 15.7 Å². The fourth-order valence-corrected chi connectivity index (χ4v) is 2.95. The molecule has 0 aliphatic rings. The van der Waals surface area contributed by atoms with Crippen LogP contribution in [0.1, 0.15) is 12.8 Å². The number of hydrogen-bond donors (Lipinski definition) is 1. The third-order valence-corrected chi connectivity index (χ3v) is 4.70. The first kappa shape index (κ1) is 18.9. The highest BCUT2D eigenvalue weighted by atomic mass is 32.2. The molecule has 5 nitrogen and oxygen atoms in total. The molecule has 134 valence electrons.